The maximum Gasteiger partial charge on any atom is 0.344 e. The number of esters is 1. The molecule has 2 heteroatoms. The van der Waals surface area contributed by atoms with Crippen molar-refractivity contribution in [3.05, 3.63) is 96.6 Å². The lowest BCUT2D eigenvalue weighted by Gasteiger charge is -2.09. The van der Waals surface area contributed by atoms with Crippen molar-refractivity contribution >= 4 is 33.6 Å². The van der Waals surface area contributed by atoms with Crippen molar-refractivity contribution < 1.29 is 9.53 Å². The van der Waals surface area contributed by atoms with Crippen molar-refractivity contribution in [1.29, 1.82) is 0 Å². The van der Waals surface area contributed by atoms with Crippen LogP contribution in [0, 0.1) is 0 Å². The largest absolute Gasteiger partial charge is 0.423 e. The van der Waals surface area contributed by atoms with Crippen LogP contribution in [0.1, 0.15) is 15.9 Å². The molecule has 0 N–H and O–H groups in total. The molecular formula is C23H16O2. The predicted octanol–water partition coefficient (Wildman–Crippen LogP) is 5.86. The molecule has 4 rings (SSSR count). The van der Waals surface area contributed by atoms with Gasteiger partial charge in [0.1, 0.15) is 5.75 Å². The van der Waals surface area contributed by atoms with Crippen molar-refractivity contribution in [1.82, 2.24) is 0 Å². The topological polar surface area (TPSA) is 26.3 Å². The van der Waals surface area contributed by atoms with Crippen molar-refractivity contribution in [3.63, 3.8) is 0 Å². The minimum absolute atomic E-state index is 0.354. The van der Waals surface area contributed by atoms with Crippen LogP contribution in [0.15, 0.2) is 85.4 Å². The van der Waals surface area contributed by atoms with E-state index in [9.17, 15) is 4.79 Å². The van der Waals surface area contributed by atoms with Gasteiger partial charge in [-0.3, -0.25) is 0 Å². The Kier molecular flexibility index (Phi) is 3.79. The molecular weight excluding hydrogens is 308 g/mol. The highest BCUT2D eigenvalue weighted by molar-refractivity contribution is 6.09. The first-order chi connectivity index (χ1) is 12.2. The zero-order chi connectivity index (χ0) is 17.2. The van der Waals surface area contributed by atoms with Gasteiger partial charge in [0, 0.05) is 0 Å². The summed E-state index contributed by atoms with van der Waals surface area (Å²) in [5, 5.41) is 4.18. The van der Waals surface area contributed by atoms with Gasteiger partial charge in [-0.05, 0) is 57.4 Å². The van der Waals surface area contributed by atoms with Crippen LogP contribution in [0.5, 0.6) is 5.75 Å². The first kappa shape index (κ1) is 15.2. The molecule has 120 valence electrons. The lowest BCUT2D eigenvalue weighted by Crippen LogP contribution is -2.09. The van der Waals surface area contributed by atoms with E-state index in [1.807, 2.05) is 48.5 Å². The monoisotopic (exact) mass is 324 g/mol. The van der Waals surface area contributed by atoms with Gasteiger partial charge in [-0.25, -0.2) is 4.79 Å². The SMILES string of the molecule is C=Cc1ccc(OC(=O)c2cccc3cc4ccccc4cc23)cc1. The van der Waals surface area contributed by atoms with E-state index in [4.69, 9.17) is 4.74 Å². The van der Waals surface area contributed by atoms with E-state index in [1.165, 1.54) is 0 Å². The Bertz CT molecular complexity index is 1090. The highest BCUT2D eigenvalue weighted by Gasteiger charge is 2.13. The molecule has 0 bridgehead atoms. The highest BCUT2D eigenvalue weighted by atomic mass is 16.5. The van der Waals surface area contributed by atoms with Crippen LogP contribution in [-0.2, 0) is 0 Å². The lowest BCUT2D eigenvalue weighted by atomic mass is 10.00. The first-order valence-electron chi connectivity index (χ1n) is 8.11. The summed E-state index contributed by atoms with van der Waals surface area (Å²) in [6.45, 7) is 3.72. The normalized spacial score (nSPS) is 10.7. The third kappa shape index (κ3) is 2.90. The van der Waals surface area contributed by atoms with E-state index in [0.29, 0.717) is 11.3 Å². The van der Waals surface area contributed by atoms with Gasteiger partial charge in [0.25, 0.3) is 0 Å². The van der Waals surface area contributed by atoms with Crippen molar-refractivity contribution in [2.75, 3.05) is 0 Å². The van der Waals surface area contributed by atoms with Crippen LogP contribution < -0.4 is 4.74 Å². The molecule has 25 heavy (non-hydrogen) atoms. The molecule has 0 aliphatic carbocycles. The summed E-state index contributed by atoms with van der Waals surface area (Å²) in [5.74, 6) is 0.167. The molecule has 0 amide bonds. The summed E-state index contributed by atoms with van der Waals surface area (Å²) in [5.41, 5.74) is 1.55. The average Bonchev–Trinajstić information content (AvgIpc) is 2.66. The number of benzene rings is 4. The van der Waals surface area contributed by atoms with E-state index in [0.717, 1.165) is 27.1 Å². The lowest BCUT2D eigenvalue weighted by molar-refractivity contribution is 0.0737. The molecule has 0 aromatic heterocycles. The number of carbonyl (C=O) groups excluding carboxylic acids is 1. The second-order valence-electron chi connectivity index (χ2n) is 5.89. The zero-order valence-electron chi connectivity index (χ0n) is 13.6. The van der Waals surface area contributed by atoms with Crippen LogP contribution in [-0.4, -0.2) is 5.97 Å². The Balaban J connectivity index is 1.75. The minimum atomic E-state index is -0.354. The van der Waals surface area contributed by atoms with E-state index >= 15 is 0 Å². The molecule has 0 aliphatic rings. The third-order valence-electron chi connectivity index (χ3n) is 4.29. The van der Waals surface area contributed by atoms with Crippen LogP contribution in [0.25, 0.3) is 27.6 Å². The third-order valence-corrected chi connectivity index (χ3v) is 4.29. The quantitative estimate of drug-likeness (QED) is 0.268. The fourth-order valence-corrected chi connectivity index (χ4v) is 2.98. The molecule has 0 saturated carbocycles. The van der Waals surface area contributed by atoms with Crippen LogP contribution >= 0.6 is 0 Å². The standard InChI is InChI=1S/C23H16O2/c1-2-16-10-12-20(13-11-16)25-23(24)21-9-5-8-19-14-17-6-3-4-7-18(17)15-22(19)21/h2-15H,1H2. The summed E-state index contributed by atoms with van der Waals surface area (Å²) >= 11 is 0. The van der Waals surface area contributed by atoms with E-state index in [2.05, 4.69) is 18.7 Å². The Morgan fingerprint density at radius 2 is 1.48 bits per heavy atom. The fourth-order valence-electron chi connectivity index (χ4n) is 2.98. The molecule has 0 aliphatic heterocycles. The number of hydrogen-bond acceptors (Lipinski definition) is 2. The zero-order valence-corrected chi connectivity index (χ0v) is 13.6. The van der Waals surface area contributed by atoms with Crippen molar-refractivity contribution in [3.8, 4) is 5.75 Å². The van der Waals surface area contributed by atoms with E-state index in [-0.39, 0.29) is 5.97 Å². The van der Waals surface area contributed by atoms with Gasteiger partial charge in [0.15, 0.2) is 0 Å². The van der Waals surface area contributed by atoms with Gasteiger partial charge >= 0.3 is 5.97 Å². The number of hydrogen-bond donors (Lipinski definition) is 0. The highest BCUT2D eigenvalue weighted by Crippen LogP contribution is 2.26. The predicted molar refractivity (Wildman–Crippen MR) is 103 cm³/mol. The molecule has 0 atom stereocenters. The van der Waals surface area contributed by atoms with Gasteiger partial charge in [-0.15, -0.1) is 0 Å². The van der Waals surface area contributed by atoms with E-state index < -0.39 is 0 Å². The fraction of sp³-hybridized carbons (Fsp3) is 0. The molecule has 0 radical (unpaired) electrons. The van der Waals surface area contributed by atoms with Crippen molar-refractivity contribution in [2.45, 2.75) is 0 Å². The molecule has 0 unspecified atom stereocenters. The summed E-state index contributed by atoms with van der Waals surface area (Å²) in [6, 6.07) is 25.2. The number of carbonyl (C=O) groups is 1. The van der Waals surface area contributed by atoms with Crippen LogP contribution in [0.2, 0.25) is 0 Å². The summed E-state index contributed by atoms with van der Waals surface area (Å²) in [7, 11) is 0. The number of fused-ring (bicyclic) bond motifs is 2. The minimum Gasteiger partial charge on any atom is -0.423 e. The average molecular weight is 324 g/mol. The Morgan fingerprint density at radius 1 is 0.800 bits per heavy atom. The van der Waals surface area contributed by atoms with Gasteiger partial charge in [-0.1, -0.05) is 61.2 Å². The Morgan fingerprint density at radius 3 is 2.20 bits per heavy atom. The molecule has 4 aromatic carbocycles. The van der Waals surface area contributed by atoms with Gasteiger partial charge in [-0.2, -0.15) is 0 Å². The molecule has 2 nitrogen and oxygen atoms in total. The summed E-state index contributed by atoms with van der Waals surface area (Å²) in [6.07, 6.45) is 1.75. The van der Waals surface area contributed by atoms with Gasteiger partial charge < -0.3 is 4.74 Å². The van der Waals surface area contributed by atoms with Crippen LogP contribution in [0.4, 0.5) is 0 Å². The molecule has 0 fully saturated rings. The molecule has 4 aromatic rings. The second kappa shape index (κ2) is 6.25. The molecule has 0 heterocycles. The Labute approximate surface area is 146 Å². The van der Waals surface area contributed by atoms with Gasteiger partial charge in [0.05, 0.1) is 5.56 Å². The summed E-state index contributed by atoms with van der Waals surface area (Å²) < 4.78 is 5.55. The second-order valence-corrected chi connectivity index (χ2v) is 5.89. The maximum atomic E-state index is 12.7. The number of rotatable bonds is 3. The first-order valence-corrected chi connectivity index (χ1v) is 8.11. The van der Waals surface area contributed by atoms with E-state index in [1.54, 1.807) is 24.3 Å². The Hall–Kier alpha value is -3.39. The van der Waals surface area contributed by atoms with Gasteiger partial charge in [0.2, 0.25) is 0 Å². The van der Waals surface area contributed by atoms with Crippen molar-refractivity contribution in [2.24, 2.45) is 0 Å². The summed E-state index contributed by atoms with van der Waals surface area (Å²) in [4.78, 5) is 12.7. The molecule has 0 saturated heterocycles. The van der Waals surface area contributed by atoms with Crippen LogP contribution in [0.3, 0.4) is 0 Å². The molecule has 0 spiro atoms. The maximum absolute atomic E-state index is 12.7. The number of ether oxygens (including phenoxy) is 1. The smallest absolute Gasteiger partial charge is 0.344 e.